The third-order valence-electron chi connectivity index (χ3n) is 3.10. The highest BCUT2D eigenvalue weighted by molar-refractivity contribution is 5.42. The summed E-state index contributed by atoms with van der Waals surface area (Å²) in [6, 6.07) is 6.12. The van der Waals surface area contributed by atoms with E-state index >= 15 is 0 Å². The van der Waals surface area contributed by atoms with Crippen LogP contribution in [-0.4, -0.2) is 40.5 Å². The monoisotopic (exact) mass is 238 g/mol. The molecule has 4 nitrogen and oxygen atoms in total. The molecule has 2 rings (SSSR count). The fourth-order valence-corrected chi connectivity index (χ4v) is 2.12. The fourth-order valence-electron chi connectivity index (χ4n) is 2.12. The van der Waals surface area contributed by atoms with Crippen LogP contribution in [0.2, 0.25) is 0 Å². The SMILES string of the molecule is COc1ccc(C[NH+]2CCOCC2)cc1OC. The highest BCUT2D eigenvalue weighted by Gasteiger charge is 2.15. The molecule has 1 aromatic carbocycles. The zero-order valence-corrected chi connectivity index (χ0v) is 10.5. The smallest absolute Gasteiger partial charge is 0.161 e. The molecule has 1 N–H and O–H groups in total. The van der Waals surface area contributed by atoms with Gasteiger partial charge in [-0.3, -0.25) is 0 Å². The number of hydrogen-bond acceptors (Lipinski definition) is 3. The Labute approximate surface area is 102 Å². The van der Waals surface area contributed by atoms with Gasteiger partial charge in [-0.05, 0) is 18.2 Å². The Kier molecular flexibility index (Phi) is 4.23. The molecule has 1 fully saturated rings. The summed E-state index contributed by atoms with van der Waals surface area (Å²) < 4.78 is 15.9. The molecule has 1 heterocycles. The molecule has 0 spiro atoms. The Morgan fingerprint density at radius 3 is 2.47 bits per heavy atom. The molecular formula is C13H20NO3+. The summed E-state index contributed by atoms with van der Waals surface area (Å²) in [6.45, 7) is 4.90. The van der Waals surface area contributed by atoms with Crippen molar-refractivity contribution in [1.82, 2.24) is 0 Å². The highest BCUT2D eigenvalue weighted by atomic mass is 16.5. The summed E-state index contributed by atoms with van der Waals surface area (Å²) in [5.41, 5.74) is 1.28. The molecule has 0 atom stereocenters. The van der Waals surface area contributed by atoms with Gasteiger partial charge in [0.2, 0.25) is 0 Å². The number of nitrogens with one attached hydrogen (secondary N) is 1. The molecule has 94 valence electrons. The molecular weight excluding hydrogens is 218 g/mol. The van der Waals surface area contributed by atoms with Crippen LogP contribution < -0.4 is 14.4 Å². The molecule has 0 bridgehead atoms. The second kappa shape index (κ2) is 5.89. The van der Waals surface area contributed by atoms with Gasteiger partial charge in [-0.1, -0.05) is 0 Å². The molecule has 1 saturated heterocycles. The van der Waals surface area contributed by atoms with E-state index in [0.717, 1.165) is 44.3 Å². The zero-order chi connectivity index (χ0) is 12.1. The maximum atomic E-state index is 5.35. The van der Waals surface area contributed by atoms with Crippen LogP contribution in [0.25, 0.3) is 0 Å². The van der Waals surface area contributed by atoms with E-state index < -0.39 is 0 Å². The Balaban J connectivity index is 2.05. The molecule has 0 radical (unpaired) electrons. The van der Waals surface area contributed by atoms with Gasteiger partial charge in [-0.15, -0.1) is 0 Å². The number of quaternary nitrogens is 1. The van der Waals surface area contributed by atoms with Crippen LogP contribution in [0, 0.1) is 0 Å². The second-order valence-electron chi connectivity index (χ2n) is 4.23. The van der Waals surface area contributed by atoms with E-state index in [4.69, 9.17) is 14.2 Å². The Hall–Kier alpha value is -1.26. The van der Waals surface area contributed by atoms with Crippen LogP contribution in [-0.2, 0) is 11.3 Å². The van der Waals surface area contributed by atoms with Gasteiger partial charge in [0.15, 0.2) is 11.5 Å². The summed E-state index contributed by atoms with van der Waals surface area (Å²) in [5.74, 6) is 1.59. The molecule has 1 aliphatic rings. The van der Waals surface area contributed by atoms with Crippen molar-refractivity contribution in [2.75, 3.05) is 40.5 Å². The first-order valence-corrected chi connectivity index (χ1v) is 5.95. The molecule has 0 saturated carbocycles. The number of ether oxygens (including phenoxy) is 3. The minimum atomic E-state index is 0.785. The summed E-state index contributed by atoms with van der Waals surface area (Å²) >= 11 is 0. The Morgan fingerprint density at radius 2 is 1.82 bits per heavy atom. The minimum Gasteiger partial charge on any atom is -0.493 e. The van der Waals surface area contributed by atoms with E-state index in [9.17, 15) is 0 Å². The lowest BCUT2D eigenvalue weighted by Crippen LogP contribution is -3.12. The highest BCUT2D eigenvalue weighted by Crippen LogP contribution is 2.27. The lowest BCUT2D eigenvalue weighted by atomic mass is 10.2. The molecule has 17 heavy (non-hydrogen) atoms. The van der Waals surface area contributed by atoms with Crippen LogP contribution >= 0.6 is 0 Å². The van der Waals surface area contributed by atoms with Gasteiger partial charge in [0.05, 0.1) is 27.4 Å². The molecule has 4 heteroatoms. The topological polar surface area (TPSA) is 32.1 Å². The van der Waals surface area contributed by atoms with Gasteiger partial charge < -0.3 is 19.1 Å². The summed E-state index contributed by atoms with van der Waals surface area (Å²) in [6.07, 6.45) is 0. The predicted molar refractivity (Wildman–Crippen MR) is 64.8 cm³/mol. The minimum absolute atomic E-state index is 0.785. The van der Waals surface area contributed by atoms with Gasteiger partial charge in [-0.25, -0.2) is 0 Å². The molecule has 0 unspecified atom stereocenters. The number of hydrogen-bond donors (Lipinski definition) is 1. The number of rotatable bonds is 4. The van der Waals surface area contributed by atoms with Crippen LogP contribution in [0.5, 0.6) is 11.5 Å². The van der Waals surface area contributed by atoms with Crippen molar-refractivity contribution >= 4 is 0 Å². The van der Waals surface area contributed by atoms with Crippen molar-refractivity contribution in [3.63, 3.8) is 0 Å². The van der Waals surface area contributed by atoms with E-state index in [1.807, 2.05) is 6.07 Å². The Bertz CT molecular complexity index is 362. The van der Waals surface area contributed by atoms with Crippen molar-refractivity contribution < 1.29 is 19.1 Å². The molecule has 0 aromatic heterocycles. The van der Waals surface area contributed by atoms with E-state index in [1.54, 1.807) is 19.1 Å². The first-order chi connectivity index (χ1) is 8.33. The van der Waals surface area contributed by atoms with Crippen molar-refractivity contribution in [3.8, 4) is 11.5 Å². The van der Waals surface area contributed by atoms with Crippen LogP contribution in [0.4, 0.5) is 0 Å². The number of benzene rings is 1. The quantitative estimate of drug-likeness (QED) is 0.808. The average Bonchev–Trinajstić information content (AvgIpc) is 2.40. The van der Waals surface area contributed by atoms with Crippen LogP contribution in [0.15, 0.2) is 18.2 Å². The van der Waals surface area contributed by atoms with Gasteiger partial charge >= 0.3 is 0 Å². The fraction of sp³-hybridized carbons (Fsp3) is 0.538. The van der Waals surface area contributed by atoms with E-state index in [2.05, 4.69) is 12.1 Å². The molecule has 0 amide bonds. The van der Waals surface area contributed by atoms with Crippen molar-refractivity contribution in [2.24, 2.45) is 0 Å². The first kappa shape index (κ1) is 12.2. The maximum Gasteiger partial charge on any atom is 0.161 e. The standard InChI is InChI=1S/C13H19NO3/c1-15-12-4-3-11(9-13(12)16-2)10-14-5-7-17-8-6-14/h3-4,9H,5-8,10H2,1-2H3/p+1. The summed E-state index contributed by atoms with van der Waals surface area (Å²) in [7, 11) is 3.33. The molecule has 0 aliphatic carbocycles. The van der Waals surface area contributed by atoms with Crippen LogP contribution in [0.3, 0.4) is 0 Å². The van der Waals surface area contributed by atoms with Crippen molar-refractivity contribution in [2.45, 2.75) is 6.54 Å². The van der Waals surface area contributed by atoms with Crippen molar-refractivity contribution in [3.05, 3.63) is 23.8 Å². The van der Waals surface area contributed by atoms with Crippen LogP contribution in [0.1, 0.15) is 5.56 Å². The van der Waals surface area contributed by atoms with Gasteiger partial charge in [-0.2, -0.15) is 0 Å². The molecule has 1 aliphatic heterocycles. The maximum absolute atomic E-state index is 5.35. The van der Waals surface area contributed by atoms with E-state index in [0.29, 0.717) is 0 Å². The van der Waals surface area contributed by atoms with Gasteiger partial charge in [0, 0.05) is 5.56 Å². The lowest BCUT2D eigenvalue weighted by Gasteiger charge is -2.24. The number of morpholine rings is 1. The summed E-state index contributed by atoms with van der Waals surface area (Å²) in [4.78, 5) is 1.56. The number of methoxy groups -OCH3 is 2. The average molecular weight is 238 g/mol. The lowest BCUT2D eigenvalue weighted by molar-refractivity contribution is -0.921. The second-order valence-corrected chi connectivity index (χ2v) is 4.23. The summed E-state index contributed by atoms with van der Waals surface area (Å²) in [5, 5.41) is 0. The first-order valence-electron chi connectivity index (χ1n) is 5.95. The zero-order valence-electron chi connectivity index (χ0n) is 10.5. The van der Waals surface area contributed by atoms with E-state index in [-0.39, 0.29) is 0 Å². The van der Waals surface area contributed by atoms with Gasteiger partial charge in [0.1, 0.15) is 19.6 Å². The Morgan fingerprint density at radius 1 is 1.12 bits per heavy atom. The predicted octanol–water partition coefficient (Wildman–Crippen LogP) is 0.119. The normalized spacial score (nSPS) is 16.8. The van der Waals surface area contributed by atoms with Gasteiger partial charge in [0.25, 0.3) is 0 Å². The van der Waals surface area contributed by atoms with E-state index in [1.165, 1.54) is 5.56 Å². The third kappa shape index (κ3) is 3.11. The largest absolute Gasteiger partial charge is 0.493 e. The third-order valence-corrected chi connectivity index (χ3v) is 3.10. The molecule has 1 aromatic rings. The van der Waals surface area contributed by atoms with Crippen molar-refractivity contribution in [1.29, 1.82) is 0 Å².